The van der Waals surface area contributed by atoms with Gasteiger partial charge in [-0.3, -0.25) is 9.59 Å². The average molecular weight is 548 g/mol. The van der Waals surface area contributed by atoms with E-state index >= 15 is 0 Å². The third-order valence-electron chi connectivity index (χ3n) is 5.05. The maximum atomic E-state index is 12.6. The molecule has 0 saturated carbocycles. The number of para-hydroxylation sites is 1. The molecule has 8 heteroatoms. The van der Waals surface area contributed by atoms with Crippen LogP contribution in [0.4, 0.5) is 11.4 Å². The van der Waals surface area contributed by atoms with Crippen LogP contribution in [0.3, 0.4) is 0 Å². The number of hydrogen-bond donors (Lipinski definition) is 2. The Morgan fingerprint density at radius 1 is 1.03 bits per heavy atom. The highest BCUT2D eigenvalue weighted by molar-refractivity contribution is 9.10. The molecule has 7 nitrogen and oxygen atoms in total. The molecule has 0 saturated heterocycles. The zero-order valence-electron chi connectivity index (χ0n) is 20.2. The van der Waals surface area contributed by atoms with Crippen molar-refractivity contribution < 1.29 is 19.1 Å². The number of carbonyl (C=O) groups is 2. The zero-order chi connectivity index (χ0) is 26.1. The lowest BCUT2D eigenvalue weighted by atomic mass is 10.1. The monoisotopic (exact) mass is 547 g/mol. The molecule has 0 aromatic heterocycles. The molecular formula is C28H26BrN3O4. The van der Waals surface area contributed by atoms with E-state index < -0.39 is 5.91 Å². The van der Waals surface area contributed by atoms with Gasteiger partial charge in [-0.05, 0) is 89.8 Å². The molecule has 2 amide bonds. The molecule has 0 aliphatic heterocycles. The lowest BCUT2D eigenvalue weighted by Crippen LogP contribution is -2.21. The first-order valence-corrected chi connectivity index (χ1v) is 12.0. The summed E-state index contributed by atoms with van der Waals surface area (Å²) in [5, 5.41) is 15.1. The predicted octanol–water partition coefficient (Wildman–Crippen LogP) is 6.03. The van der Waals surface area contributed by atoms with Gasteiger partial charge >= 0.3 is 0 Å². The van der Waals surface area contributed by atoms with E-state index in [2.05, 4.69) is 26.6 Å². The van der Waals surface area contributed by atoms with Gasteiger partial charge in [0.15, 0.2) is 18.1 Å². The molecular weight excluding hydrogens is 522 g/mol. The SMILES string of the molecule is CCOc1cc(/C=C(\C#N)C(=O)Nc2ccccc2)cc(Br)c1OCC(=O)Nc1cc(C)ccc1C. The molecule has 0 aliphatic rings. The Hall–Kier alpha value is -4.09. The largest absolute Gasteiger partial charge is 0.490 e. The minimum Gasteiger partial charge on any atom is -0.490 e. The van der Waals surface area contributed by atoms with E-state index in [9.17, 15) is 14.9 Å². The van der Waals surface area contributed by atoms with Gasteiger partial charge in [-0.15, -0.1) is 0 Å². The quantitative estimate of drug-likeness (QED) is 0.251. The fraction of sp³-hybridized carbons (Fsp3) is 0.179. The van der Waals surface area contributed by atoms with Crippen LogP contribution >= 0.6 is 15.9 Å². The first-order chi connectivity index (χ1) is 17.3. The number of nitriles is 1. The van der Waals surface area contributed by atoms with Crippen molar-refractivity contribution in [1.82, 2.24) is 0 Å². The average Bonchev–Trinajstić information content (AvgIpc) is 2.85. The molecule has 0 bridgehead atoms. The molecule has 0 heterocycles. The molecule has 184 valence electrons. The van der Waals surface area contributed by atoms with Crippen LogP contribution < -0.4 is 20.1 Å². The van der Waals surface area contributed by atoms with Gasteiger partial charge in [0.2, 0.25) is 0 Å². The molecule has 2 N–H and O–H groups in total. The predicted molar refractivity (Wildman–Crippen MR) is 144 cm³/mol. The summed E-state index contributed by atoms with van der Waals surface area (Å²) in [4.78, 5) is 25.1. The zero-order valence-corrected chi connectivity index (χ0v) is 21.8. The minimum atomic E-state index is -0.527. The smallest absolute Gasteiger partial charge is 0.266 e. The Kier molecular flexibility index (Phi) is 9.25. The number of nitrogens with zero attached hydrogens (tertiary/aromatic N) is 1. The van der Waals surface area contributed by atoms with E-state index in [1.165, 1.54) is 6.08 Å². The second-order valence-corrected chi connectivity index (χ2v) is 8.76. The topological polar surface area (TPSA) is 100 Å². The Morgan fingerprint density at radius 2 is 1.78 bits per heavy atom. The van der Waals surface area contributed by atoms with Gasteiger partial charge < -0.3 is 20.1 Å². The van der Waals surface area contributed by atoms with Crippen molar-refractivity contribution in [1.29, 1.82) is 5.26 Å². The summed E-state index contributed by atoms with van der Waals surface area (Å²) in [6, 6.07) is 20.0. The molecule has 36 heavy (non-hydrogen) atoms. The van der Waals surface area contributed by atoms with Crippen molar-refractivity contribution in [3.8, 4) is 17.6 Å². The van der Waals surface area contributed by atoms with Crippen LogP contribution in [0, 0.1) is 25.2 Å². The number of halogens is 1. The van der Waals surface area contributed by atoms with Gasteiger partial charge in [0, 0.05) is 11.4 Å². The van der Waals surface area contributed by atoms with Gasteiger partial charge in [-0.25, -0.2) is 0 Å². The van der Waals surface area contributed by atoms with Crippen molar-refractivity contribution in [2.24, 2.45) is 0 Å². The van der Waals surface area contributed by atoms with Crippen LogP contribution in [-0.2, 0) is 9.59 Å². The lowest BCUT2D eigenvalue weighted by Gasteiger charge is -2.15. The summed E-state index contributed by atoms with van der Waals surface area (Å²) in [5.74, 6) is -0.122. The van der Waals surface area contributed by atoms with Gasteiger partial charge in [0.05, 0.1) is 11.1 Å². The van der Waals surface area contributed by atoms with E-state index in [-0.39, 0.29) is 18.1 Å². The Balaban J connectivity index is 1.77. The fourth-order valence-corrected chi connectivity index (χ4v) is 3.88. The van der Waals surface area contributed by atoms with Crippen LogP contribution in [0.5, 0.6) is 11.5 Å². The number of nitrogens with one attached hydrogen (secondary N) is 2. The van der Waals surface area contributed by atoms with E-state index in [0.717, 1.165) is 16.8 Å². The highest BCUT2D eigenvalue weighted by atomic mass is 79.9. The molecule has 3 rings (SSSR count). The molecule has 0 radical (unpaired) electrons. The first-order valence-electron chi connectivity index (χ1n) is 11.2. The maximum Gasteiger partial charge on any atom is 0.266 e. The van der Waals surface area contributed by atoms with Crippen molar-refractivity contribution in [2.75, 3.05) is 23.8 Å². The number of aryl methyl sites for hydroxylation is 2. The van der Waals surface area contributed by atoms with Crippen LogP contribution in [0.2, 0.25) is 0 Å². The Bertz CT molecular complexity index is 1330. The highest BCUT2D eigenvalue weighted by Crippen LogP contribution is 2.37. The van der Waals surface area contributed by atoms with Crippen LogP contribution in [-0.4, -0.2) is 25.0 Å². The summed E-state index contributed by atoms with van der Waals surface area (Å²) < 4.78 is 12.0. The molecule has 0 unspecified atom stereocenters. The van der Waals surface area contributed by atoms with Crippen molar-refractivity contribution in [3.63, 3.8) is 0 Å². The highest BCUT2D eigenvalue weighted by Gasteiger charge is 2.16. The van der Waals surface area contributed by atoms with Gasteiger partial charge in [-0.1, -0.05) is 30.3 Å². The third-order valence-corrected chi connectivity index (χ3v) is 5.64. The van der Waals surface area contributed by atoms with Crippen molar-refractivity contribution >= 4 is 45.2 Å². The van der Waals surface area contributed by atoms with E-state index in [1.807, 2.05) is 51.1 Å². The number of benzene rings is 3. The number of ether oxygens (including phenoxy) is 2. The number of amides is 2. The van der Waals surface area contributed by atoms with Gasteiger partial charge in [0.25, 0.3) is 11.8 Å². The van der Waals surface area contributed by atoms with E-state index in [0.29, 0.717) is 33.8 Å². The summed E-state index contributed by atoms with van der Waals surface area (Å²) >= 11 is 3.46. The minimum absolute atomic E-state index is 0.0743. The van der Waals surface area contributed by atoms with Crippen LogP contribution in [0.25, 0.3) is 6.08 Å². The molecule has 0 atom stereocenters. The van der Waals surface area contributed by atoms with E-state index in [1.54, 1.807) is 36.4 Å². The number of hydrogen-bond acceptors (Lipinski definition) is 5. The Morgan fingerprint density at radius 3 is 2.47 bits per heavy atom. The molecule has 0 aliphatic carbocycles. The summed E-state index contributed by atoms with van der Waals surface area (Å²) in [6.07, 6.45) is 1.46. The second-order valence-electron chi connectivity index (χ2n) is 7.91. The number of carbonyl (C=O) groups excluding carboxylic acids is 2. The number of rotatable bonds is 9. The Labute approximate surface area is 218 Å². The molecule has 3 aromatic carbocycles. The normalized spacial score (nSPS) is 10.8. The second kappa shape index (κ2) is 12.6. The summed E-state index contributed by atoms with van der Waals surface area (Å²) in [6.45, 7) is 5.81. The fourth-order valence-electron chi connectivity index (χ4n) is 3.30. The summed E-state index contributed by atoms with van der Waals surface area (Å²) in [7, 11) is 0. The van der Waals surface area contributed by atoms with Crippen LogP contribution in [0.15, 0.2) is 70.7 Å². The van der Waals surface area contributed by atoms with E-state index in [4.69, 9.17) is 9.47 Å². The standard InChI is InChI=1S/C28H26BrN3O4/c1-4-35-25-15-20(13-21(16-30)28(34)31-22-8-6-5-7-9-22)14-23(29)27(25)36-17-26(33)32-24-12-18(2)10-11-19(24)3/h5-15H,4,17H2,1-3H3,(H,31,34)(H,32,33)/b21-13+. The summed E-state index contributed by atoms with van der Waals surface area (Å²) in [5.41, 5.74) is 3.78. The lowest BCUT2D eigenvalue weighted by molar-refractivity contribution is -0.118. The maximum absolute atomic E-state index is 12.6. The molecule has 0 fully saturated rings. The van der Waals surface area contributed by atoms with Crippen molar-refractivity contribution in [3.05, 3.63) is 87.4 Å². The molecule has 0 spiro atoms. The van der Waals surface area contributed by atoms with Crippen molar-refractivity contribution in [2.45, 2.75) is 20.8 Å². The first kappa shape index (κ1) is 26.5. The number of anilines is 2. The van der Waals surface area contributed by atoms with Gasteiger partial charge in [-0.2, -0.15) is 5.26 Å². The van der Waals surface area contributed by atoms with Crippen LogP contribution in [0.1, 0.15) is 23.6 Å². The van der Waals surface area contributed by atoms with Gasteiger partial charge in [0.1, 0.15) is 11.6 Å². The third kappa shape index (κ3) is 7.20. The molecule has 3 aromatic rings.